The highest BCUT2D eigenvalue weighted by atomic mass is 35.5. The molecule has 0 radical (unpaired) electrons. The molecule has 2 N–H and O–H groups in total. The van der Waals surface area contributed by atoms with E-state index < -0.39 is 0 Å². The normalized spacial score (nSPS) is 12.7. The molecule has 0 amide bonds. The summed E-state index contributed by atoms with van der Waals surface area (Å²) in [5.41, 5.74) is 8.24. The van der Waals surface area contributed by atoms with Crippen LogP contribution in [0.25, 0.3) is 0 Å². The first-order valence-electron chi connectivity index (χ1n) is 6.95. The van der Waals surface area contributed by atoms with Crippen molar-refractivity contribution in [3.8, 4) is 0 Å². The second-order valence-corrected chi connectivity index (χ2v) is 5.65. The van der Waals surface area contributed by atoms with Crippen LogP contribution in [-0.4, -0.2) is 11.9 Å². The minimum atomic E-state index is -0.203. The lowest BCUT2D eigenvalue weighted by Crippen LogP contribution is -2.23. The molecule has 0 saturated carbocycles. The van der Waals surface area contributed by atoms with E-state index in [1.807, 2.05) is 37.4 Å². The van der Waals surface area contributed by atoms with E-state index in [9.17, 15) is 4.39 Å². The Bertz CT molecular complexity index is 615. The molecule has 1 atom stereocenters. The number of halogens is 2. The van der Waals surface area contributed by atoms with Crippen LogP contribution in [0, 0.1) is 5.82 Å². The van der Waals surface area contributed by atoms with Gasteiger partial charge in [0.05, 0.1) is 0 Å². The smallest absolute Gasteiger partial charge is 0.127 e. The van der Waals surface area contributed by atoms with Crippen molar-refractivity contribution >= 4 is 11.6 Å². The van der Waals surface area contributed by atoms with Gasteiger partial charge in [0.25, 0.3) is 0 Å². The Morgan fingerprint density at radius 3 is 2.62 bits per heavy atom. The average Bonchev–Trinajstić information content (AvgIpc) is 2.49. The molecule has 0 aromatic heterocycles. The molecule has 0 heterocycles. The van der Waals surface area contributed by atoms with Crippen molar-refractivity contribution in [1.29, 1.82) is 0 Å². The number of nitrogens with two attached hydrogens (primary N) is 1. The highest BCUT2D eigenvalue weighted by Crippen LogP contribution is 2.27. The SMILES string of the molecule is CC(c1ccccc1Cl)N(C)Cc1cc(CN)ccc1F. The van der Waals surface area contributed by atoms with Crippen LogP contribution in [0.15, 0.2) is 42.5 Å². The number of benzene rings is 2. The van der Waals surface area contributed by atoms with E-state index >= 15 is 0 Å². The first-order chi connectivity index (χ1) is 10.0. The third kappa shape index (κ3) is 3.82. The Balaban J connectivity index is 2.18. The quantitative estimate of drug-likeness (QED) is 0.900. The van der Waals surface area contributed by atoms with Crippen LogP contribution in [-0.2, 0) is 13.1 Å². The highest BCUT2D eigenvalue weighted by Gasteiger charge is 2.16. The zero-order valence-corrected chi connectivity index (χ0v) is 13.1. The minimum Gasteiger partial charge on any atom is -0.326 e. The van der Waals surface area contributed by atoms with Crippen LogP contribution in [0.1, 0.15) is 29.7 Å². The van der Waals surface area contributed by atoms with Gasteiger partial charge in [-0.25, -0.2) is 4.39 Å². The molecule has 0 aliphatic carbocycles. The fourth-order valence-corrected chi connectivity index (χ4v) is 2.63. The van der Waals surface area contributed by atoms with Crippen LogP contribution < -0.4 is 5.73 Å². The van der Waals surface area contributed by atoms with E-state index in [0.29, 0.717) is 18.7 Å². The Morgan fingerprint density at radius 1 is 1.24 bits per heavy atom. The number of nitrogens with zero attached hydrogens (tertiary/aromatic N) is 1. The van der Waals surface area contributed by atoms with E-state index in [1.54, 1.807) is 6.07 Å². The monoisotopic (exact) mass is 306 g/mol. The lowest BCUT2D eigenvalue weighted by atomic mass is 10.1. The number of hydrogen-bond donors (Lipinski definition) is 1. The van der Waals surface area contributed by atoms with Gasteiger partial charge in [0.15, 0.2) is 0 Å². The first-order valence-corrected chi connectivity index (χ1v) is 7.32. The fraction of sp³-hybridized carbons (Fsp3) is 0.294. The third-order valence-corrected chi connectivity index (χ3v) is 4.13. The van der Waals surface area contributed by atoms with Crippen molar-refractivity contribution in [2.24, 2.45) is 5.73 Å². The van der Waals surface area contributed by atoms with Gasteiger partial charge >= 0.3 is 0 Å². The predicted octanol–water partition coefficient (Wildman–Crippen LogP) is 4.13. The molecular weight excluding hydrogens is 287 g/mol. The van der Waals surface area contributed by atoms with Crippen molar-refractivity contribution in [3.05, 3.63) is 70.0 Å². The highest BCUT2D eigenvalue weighted by molar-refractivity contribution is 6.31. The summed E-state index contributed by atoms with van der Waals surface area (Å²) in [5, 5.41) is 0.730. The Kier molecular flexibility index (Phi) is 5.34. The van der Waals surface area contributed by atoms with Gasteiger partial charge in [-0.3, -0.25) is 4.90 Å². The molecule has 1 unspecified atom stereocenters. The van der Waals surface area contributed by atoms with Gasteiger partial charge in [0, 0.05) is 29.7 Å². The van der Waals surface area contributed by atoms with E-state index in [2.05, 4.69) is 11.8 Å². The summed E-state index contributed by atoms with van der Waals surface area (Å²) in [5.74, 6) is -0.203. The molecule has 4 heteroatoms. The van der Waals surface area contributed by atoms with E-state index in [-0.39, 0.29) is 11.9 Å². The summed E-state index contributed by atoms with van der Waals surface area (Å²) >= 11 is 6.23. The third-order valence-electron chi connectivity index (χ3n) is 3.78. The van der Waals surface area contributed by atoms with E-state index in [1.165, 1.54) is 6.07 Å². The molecule has 112 valence electrons. The summed E-state index contributed by atoms with van der Waals surface area (Å²) < 4.78 is 13.9. The molecular formula is C17H20ClFN2. The molecule has 0 fully saturated rings. The predicted molar refractivity (Wildman–Crippen MR) is 85.6 cm³/mol. The zero-order valence-electron chi connectivity index (χ0n) is 12.3. The maximum Gasteiger partial charge on any atom is 0.127 e. The van der Waals surface area contributed by atoms with Crippen molar-refractivity contribution in [2.75, 3.05) is 7.05 Å². The Labute approximate surface area is 130 Å². The lowest BCUT2D eigenvalue weighted by Gasteiger charge is -2.26. The van der Waals surface area contributed by atoms with Crippen molar-refractivity contribution in [2.45, 2.75) is 26.1 Å². The topological polar surface area (TPSA) is 29.3 Å². The molecule has 0 saturated heterocycles. The van der Waals surface area contributed by atoms with Gasteiger partial charge in [-0.1, -0.05) is 41.9 Å². The summed E-state index contributed by atoms with van der Waals surface area (Å²) in [6.45, 7) is 2.98. The molecule has 2 aromatic rings. The van der Waals surface area contributed by atoms with Gasteiger partial charge in [-0.2, -0.15) is 0 Å². The average molecular weight is 307 g/mol. The maximum absolute atomic E-state index is 13.9. The zero-order chi connectivity index (χ0) is 15.4. The van der Waals surface area contributed by atoms with Gasteiger partial charge in [-0.05, 0) is 37.2 Å². The van der Waals surface area contributed by atoms with Crippen molar-refractivity contribution < 1.29 is 4.39 Å². The molecule has 0 aliphatic heterocycles. The first kappa shape index (κ1) is 16.0. The largest absolute Gasteiger partial charge is 0.326 e. The molecule has 0 aliphatic rings. The number of hydrogen-bond acceptors (Lipinski definition) is 2. The fourth-order valence-electron chi connectivity index (χ4n) is 2.33. The van der Waals surface area contributed by atoms with Crippen LogP contribution in [0.5, 0.6) is 0 Å². The molecule has 0 bridgehead atoms. The van der Waals surface area contributed by atoms with Gasteiger partial charge in [0.2, 0.25) is 0 Å². The standard InChI is InChI=1S/C17H20ClFN2/c1-12(15-5-3-4-6-16(15)18)21(2)11-14-9-13(10-20)7-8-17(14)19/h3-9,12H,10-11,20H2,1-2H3. The lowest BCUT2D eigenvalue weighted by molar-refractivity contribution is 0.249. The van der Waals surface area contributed by atoms with Crippen LogP contribution >= 0.6 is 11.6 Å². The van der Waals surface area contributed by atoms with E-state index in [0.717, 1.165) is 16.1 Å². The van der Waals surface area contributed by atoms with Gasteiger partial charge < -0.3 is 5.73 Å². The molecule has 2 aromatic carbocycles. The maximum atomic E-state index is 13.9. The molecule has 2 rings (SSSR count). The summed E-state index contributed by atoms with van der Waals surface area (Å²) in [6, 6.07) is 12.9. The Morgan fingerprint density at radius 2 is 1.95 bits per heavy atom. The van der Waals surface area contributed by atoms with Crippen LogP contribution in [0.4, 0.5) is 4.39 Å². The Hall–Kier alpha value is -1.42. The molecule has 21 heavy (non-hydrogen) atoms. The molecule has 0 spiro atoms. The van der Waals surface area contributed by atoms with Crippen LogP contribution in [0.3, 0.4) is 0 Å². The number of rotatable bonds is 5. The summed E-state index contributed by atoms with van der Waals surface area (Å²) in [6.07, 6.45) is 0. The van der Waals surface area contributed by atoms with Gasteiger partial charge in [-0.15, -0.1) is 0 Å². The van der Waals surface area contributed by atoms with Gasteiger partial charge in [0.1, 0.15) is 5.82 Å². The van der Waals surface area contributed by atoms with Crippen molar-refractivity contribution in [3.63, 3.8) is 0 Å². The van der Waals surface area contributed by atoms with E-state index in [4.69, 9.17) is 17.3 Å². The minimum absolute atomic E-state index is 0.0969. The second kappa shape index (κ2) is 7.03. The second-order valence-electron chi connectivity index (χ2n) is 5.24. The van der Waals surface area contributed by atoms with Crippen LogP contribution in [0.2, 0.25) is 5.02 Å². The molecule has 2 nitrogen and oxygen atoms in total. The van der Waals surface area contributed by atoms with Crippen molar-refractivity contribution in [1.82, 2.24) is 4.90 Å². The summed E-state index contributed by atoms with van der Waals surface area (Å²) in [4.78, 5) is 2.07. The summed E-state index contributed by atoms with van der Waals surface area (Å²) in [7, 11) is 1.96.